The summed E-state index contributed by atoms with van der Waals surface area (Å²) in [5.41, 5.74) is 2.18. The summed E-state index contributed by atoms with van der Waals surface area (Å²) in [7, 11) is 0. The van der Waals surface area contributed by atoms with Crippen LogP contribution in [0.5, 0.6) is 0 Å². The highest BCUT2D eigenvalue weighted by atomic mass is 127. The van der Waals surface area contributed by atoms with Gasteiger partial charge in [0.05, 0.1) is 6.42 Å². The van der Waals surface area contributed by atoms with Crippen molar-refractivity contribution in [1.82, 2.24) is 0 Å². The van der Waals surface area contributed by atoms with Crippen molar-refractivity contribution in [2.75, 3.05) is 0 Å². The van der Waals surface area contributed by atoms with Crippen LogP contribution in [0.25, 0.3) is 0 Å². The minimum Gasteiger partial charge on any atom is -0.394 e. The van der Waals surface area contributed by atoms with Crippen LogP contribution in [-0.2, 0) is 14.3 Å². The molecule has 0 saturated carbocycles. The van der Waals surface area contributed by atoms with Crippen LogP contribution in [0.1, 0.15) is 11.1 Å². The predicted molar refractivity (Wildman–Crippen MR) is 55.0 cm³/mol. The van der Waals surface area contributed by atoms with Gasteiger partial charge in [0, 0.05) is 0 Å². The van der Waals surface area contributed by atoms with Crippen molar-refractivity contribution in [2.24, 2.45) is 0 Å². The van der Waals surface area contributed by atoms with Gasteiger partial charge in [-0.3, -0.25) is 4.79 Å². The molecule has 0 aliphatic rings. The maximum absolute atomic E-state index is 10.8. The molecule has 2 nitrogen and oxygen atoms in total. The number of hydrogen-bond acceptors (Lipinski definition) is 2. The Bertz CT molecular complexity index is 266. The summed E-state index contributed by atoms with van der Waals surface area (Å²) in [5.74, 6) is -0.209. The number of rotatable bonds is 2. The van der Waals surface area contributed by atoms with Crippen molar-refractivity contribution >= 4 is 29.0 Å². The topological polar surface area (TPSA) is 26.3 Å². The molecule has 1 aromatic rings. The van der Waals surface area contributed by atoms with E-state index in [1.54, 1.807) is 23.0 Å². The summed E-state index contributed by atoms with van der Waals surface area (Å²) < 4.78 is 4.52. The molecule has 3 heteroatoms. The Kier molecular flexibility index (Phi) is 3.52. The molecule has 0 fully saturated rings. The van der Waals surface area contributed by atoms with E-state index in [1.165, 1.54) is 5.56 Å². The first-order valence-corrected chi connectivity index (χ1v) is 4.47. The SMILES string of the molecule is Cc1ccc(CC(=O)OI)cc1. The van der Waals surface area contributed by atoms with Gasteiger partial charge >= 0.3 is 5.97 Å². The van der Waals surface area contributed by atoms with E-state index in [0.717, 1.165) is 5.56 Å². The Hall–Kier alpha value is -0.580. The van der Waals surface area contributed by atoms with Crippen LogP contribution in [0, 0.1) is 6.92 Å². The molecule has 0 aliphatic carbocycles. The molecule has 0 aromatic heterocycles. The lowest BCUT2D eigenvalue weighted by molar-refractivity contribution is -0.130. The van der Waals surface area contributed by atoms with Crippen molar-refractivity contribution in [3.05, 3.63) is 35.4 Å². The third-order valence-corrected chi connectivity index (χ3v) is 2.05. The number of carbonyl (C=O) groups excluding carboxylic acids is 1. The van der Waals surface area contributed by atoms with E-state index in [1.807, 2.05) is 31.2 Å². The summed E-state index contributed by atoms with van der Waals surface area (Å²) >= 11 is 1.60. The van der Waals surface area contributed by atoms with E-state index in [9.17, 15) is 4.79 Å². The van der Waals surface area contributed by atoms with Crippen molar-refractivity contribution in [1.29, 1.82) is 0 Å². The first-order chi connectivity index (χ1) is 5.72. The Labute approximate surface area is 85.6 Å². The van der Waals surface area contributed by atoms with E-state index in [4.69, 9.17) is 0 Å². The van der Waals surface area contributed by atoms with E-state index < -0.39 is 0 Å². The van der Waals surface area contributed by atoms with Crippen LogP contribution in [0.15, 0.2) is 24.3 Å². The van der Waals surface area contributed by atoms with Gasteiger partial charge < -0.3 is 3.07 Å². The summed E-state index contributed by atoms with van der Waals surface area (Å²) in [6.07, 6.45) is 0.350. The van der Waals surface area contributed by atoms with Gasteiger partial charge in [-0.1, -0.05) is 29.8 Å². The monoisotopic (exact) mass is 276 g/mol. The van der Waals surface area contributed by atoms with Gasteiger partial charge in [0.25, 0.3) is 0 Å². The number of halogens is 1. The molecule has 0 heterocycles. The highest BCUT2D eigenvalue weighted by Gasteiger charge is 2.01. The first kappa shape index (κ1) is 9.51. The number of benzene rings is 1. The summed E-state index contributed by atoms with van der Waals surface area (Å²) in [6.45, 7) is 2.01. The smallest absolute Gasteiger partial charge is 0.319 e. The van der Waals surface area contributed by atoms with Crippen molar-refractivity contribution in [3.8, 4) is 0 Å². The van der Waals surface area contributed by atoms with Gasteiger partial charge in [-0.15, -0.1) is 0 Å². The Morgan fingerprint density at radius 3 is 2.50 bits per heavy atom. The number of carbonyl (C=O) groups is 1. The molecule has 0 unspecified atom stereocenters. The molecule has 0 N–H and O–H groups in total. The fourth-order valence-electron chi connectivity index (χ4n) is 0.900. The molecule has 12 heavy (non-hydrogen) atoms. The summed E-state index contributed by atoms with van der Waals surface area (Å²) in [4.78, 5) is 10.8. The second-order valence-corrected chi connectivity index (χ2v) is 3.05. The fourth-order valence-corrected chi connectivity index (χ4v) is 1.06. The average molecular weight is 276 g/mol. The van der Waals surface area contributed by atoms with Crippen LogP contribution in [0.4, 0.5) is 0 Å². The predicted octanol–water partition coefficient (Wildman–Crippen LogP) is 2.43. The average Bonchev–Trinajstić information content (AvgIpc) is 2.09. The highest BCUT2D eigenvalue weighted by Crippen LogP contribution is 2.05. The molecular formula is C9H9IO2. The molecule has 0 saturated heterocycles. The minimum atomic E-state index is -0.209. The zero-order valence-corrected chi connectivity index (χ0v) is 8.87. The highest BCUT2D eigenvalue weighted by molar-refractivity contribution is 14.1. The van der Waals surface area contributed by atoms with Crippen molar-refractivity contribution in [2.45, 2.75) is 13.3 Å². The maximum Gasteiger partial charge on any atom is 0.319 e. The lowest BCUT2D eigenvalue weighted by Gasteiger charge is -1.98. The molecule has 0 aliphatic heterocycles. The van der Waals surface area contributed by atoms with Crippen molar-refractivity contribution in [3.63, 3.8) is 0 Å². The lowest BCUT2D eigenvalue weighted by atomic mass is 10.1. The fraction of sp³-hybridized carbons (Fsp3) is 0.222. The van der Waals surface area contributed by atoms with Crippen LogP contribution < -0.4 is 0 Å². The van der Waals surface area contributed by atoms with Crippen LogP contribution in [-0.4, -0.2) is 5.97 Å². The van der Waals surface area contributed by atoms with Crippen LogP contribution in [0.2, 0.25) is 0 Å². The van der Waals surface area contributed by atoms with Gasteiger partial charge in [-0.2, -0.15) is 0 Å². The minimum absolute atomic E-state index is 0.209. The first-order valence-electron chi connectivity index (χ1n) is 3.59. The van der Waals surface area contributed by atoms with Gasteiger partial charge in [-0.25, -0.2) is 0 Å². The Morgan fingerprint density at radius 1 is 1.42 bits per heavy atom. The Balaban J connectivity index is 2.64. The molecule has 64 valence electrons. The van der Waals surface area contributed by atoms with Gasteiger partial charge in [0.1, 0.15) is 0 Å². The molecule has 1 aromatic carbocycles. The van der Waals surface area contributed by atoms with Crippen molar-refractivity contribution < 1.29 is 7.86 Å². The van der Waals surface area contributed by atoms with Gasteiger partial charge in [0.2, 0.25) is 0 Å². The Morgan fingerprint density at radius 2 is 2.00 bits per heavy atom. The molecule has 0 amide bonds. The van der Waals surface area contributed by atoms with Crippen LogP contribution >= 0.6 is 23.0 Å². The molecule has 1 rings (SSSR count). The van der Waals surface area contributed by atoms with E-state index in [-0.39, 0.29) is 5.97 Å². The van der Waals surface area contributed by atoms with E-state index in [2.05, 4.69) is 3.07 Å². The summed E-state index contributed by atoms with van der Waals surface area (Å²) in [6, 6.07) is 7.83. The molecule has 0 radical (unpaired) electrons. The normalized spacial score (nSPS) is 9.50. The second-order valence-electron chi connectivity index (χ2n) is 2.61. The zero-order valence-electron chi connectivity index (χ0n) is 6.71. The molecule has 0 bridgehead atoms. The third kappa shape index (κ3) is 2.81. The largest absolute Gasteiger partial charge is 0.394 e. The van der Waals surface area contributed by atoms with E-state index >= 15 is 0 Å². The molecule has 0 atom stereocenters. The third-order valence-electron chi connectivity index (χ3n) is 1.56. The quantitative estimate of drug-likeness (QED) is 0.775. The number of hydrogen-bond donors (Lipinski definition) is 0. The van der Waals surface area contributed by atoms with Gasteiger partial charge in [-0.05, 0) is 12.5 Å². The van der Waals surface area contributed by atoms with Gasteiger partial charge in [0.15, 0.2) is 23.0 Å². The lowest BCUT2D eigenvalue weighted by Crippen LogP contribution is -2.00. The standard InChI is InChI=1S/C9H9IO2/c1-7-2-4-8(5-3-7)6-9(11)12-10/h2-5H,6H2,1H3. The van der Waals surface area contributed by atoms with E-state index in [0.29, 0.717) is 6.42 Å². The molecule has 0 spiro atoms. The van der Waals surface area contributed by atoms with Crippen LogP contribution in [0.3, 0.4) is 0 Å². The zero-order chi connectivity index (χ0) is 8.97. The number of aryl methyl sites for hydroxylation is 1. The summed E-state index contributed by atoms with van der Waals surface area (Å²) in [5, 5.41) is 0. The molecular weight excluding hydrogens is 267 g/mol. The maximum atomic E-state index is 10.8. The second kappa shape index (κ2) is 4.45.